The molecule has 0 saturated carbocycles. The van der Waals surface area contributed by atoms with Gasteiger partial charge in [0.2, 0.25) is 0 Å². The van der Waals surface area contributed by atoms with Crippen molar-refractivity contribution in [3.8, 4) is 16.3 Å². The molecule has 36 heavy (non-hydrogen) atoms. The highest BCUT2D eigenvalue weighted by Crippen LogP contribution is 2.36. The fourth-order valence-electron chi connectivity index (χ4n) is 3.98. The van der Waals surface area contributed by atoms with Crippen LogP contribution in [0.3, 0.4) is 0 Å². The van der Waals surface area contributed by atoms with E-state index >= 15 is 0 Å². The number of thiophene rings is 1. The van der Waals surface area contributed by atoms with Gasteiger partial charge in [0.25, 0.3) is 0 Å². The molecule has 0 aliphatic carbocycles. The number of aryl methyl sites for hydroxylation is 1. The highest BCUT2D eigenvalue weighted by Gasteiger charge is 2.13. The van der Waals surface area contributed by atoms with Crippen molar-refractivity contribution in [1.82, 2.24) is 20.2 Å². The number of ether oxygens (including phenoxy) is 1. The molecule has 0 aliphatic heterocycles. The molecule has 0 amide bonds. The predicted octanol–water partition coefficient (Wildman–Crippen LogP) is 7.51. The Balaban J connectivity index is 1.26. The second kappa shape index (κ2) is 9.56. The van der Waals surface area contributed by atoms with E-state index in [0.29, 0.717) is 5.75 Å². The topological polar surface area (TPSA) is 72.8 Å². The Morgan fingerprint density at radius 1 is 0.917 bits per heavy atom. The highest BCUT2D eigenvalue weighted by atomic mass is 32.2. The summed E-state index contributed by atoms with van der Waals surface area (Å²) in [4.78, 5) is 12.2. The van der Waals surface area contributed by atoms with Gasteiger partial charge in [0.05, 0.1) is 23.7 Å². The standard InChI is InChI=1S/C28H21N5OS2/c1-17-13-25(35-16-17)26-21-5-3-4-6-22(21)28(33-32-26)31-18-7-9-20(10-8-18)36-24-11-12-29-23-14-19(34-2)15-30-27(23)24/h3-16H,1-2H3,(H,31,33). The van der Waals surface area contributed by atoms with Crippen LogP contribution in [0.4, 0.5) is 11.5 Å². The fraction of sp³-hybridized carbons (Fsp3) is 0.0714. The Hall–Kier alpha value is -4.01. The number of anilines is 2. The molecular formula is C28H21N5OS2. The lowest BCUT2D eigenvalue weighted by Gasteiger charge is -2.11. The smallest absolute Gasteiger partial charge is 0.161 e. The highest BCUT2D eigenvalue weighted by molar-refractivity contribution is 7.99. The van der Waals surface area contributed by atoms with E-state index in [1.807, 2.05) is 24.3 Å². The second-order valence-corrected chi connectivity index (χ2v) is 10.3. The molecule has 176 valence electrons. The van der Waals surface area contributed by atoms with E-state index in [-0.39, 0.29) is 0 Å². The number of aromatic nitrogens is 4. The van der Waals surface area contributed by atoms with Gasteiger partial charge >= 0.3 is 0 Å². The van der Waals surface area contributed by atoms with Gasteiger partial charge in [-0.05, 0) is 54.3 Å². The van der Waals surface area contributed by atoms with Gasteiger partial charge in [-0.3, -0.25) is 4.98 Å². The van der Waals surface area contributed by atoms with Crippen molar-refractivity contribution in [2.45, 2.75) is 16.7 Å². The van der Waals surface area contributed by atoms with Crippen molar-refractivity contribution in [2.24, 2.45) is 0 Å². The molecule has 0 unspecified atom stereocenters. The van der Waals surface area contributed by atoms with Gasteiger partial charge in [0, 0.05) is 38.5 Å². The summed E-state index contributed by atoms with van der Waals surface area (Å²) >= 11 is 3.34. The molecule has 0 bridgehead atoms. The zero-order chi connectivity index (χ0) is 24.5. The van der Waals surface area contributed by atoms with Crippen LogP contribution in [0.5, 0.6) is 5.75 Å². The average Bonchev–Trinajstić information content (AvgIpc) is 3.35. The maximum Gasteiger partial charge on any atom is 0.161 e. The summed E-state index contributed by atoms with van der Waals surface area (Å²) in [5.41, 5.74) is 4.76. The Morgan fingerprint density at radius 3 is 2.53 bits per heavy atom. The number of rotatable bonds is 6. The van der Waals surface area contributed by atoms with E-state index in [1.165, 1.54) is 5.56 Å². The quantitative estimate of drug-likeness (QED) is 0.250. The van der Waals surface area contributed by atoms with Gasteiger partial charge in [-0.1, -0.05) is 36.0 Å². The third-order valence-electron chi connectivity index (χ3n) is 5.75. The summed E-state index contributed by atoms with van der Waals surface area (Å²) in [7, 11) is 1.63. The summed E-state index contributed by atoms with van der Waals surface area (Å²) in [6.45, 7) is 2.10. The fourth-order valence-corrected chi connectivity index (χ4v) is 5.79. The lowest BCUT2D eigenvalue weighted by Crippen LogP contribution is -1.98. The van der Waals surface area contributed by atoms with E-state index in [2.05, 4.69) is 80.3 Å². The number of methoxy groups -OCH3 is 1. The molecule has 0 saturated heterocycles. The molecule has 0 radical (unpaired) electrons. The molecule has 6 nitrogen and oxygen atoms in total. The van der Waals surface area contributed by atoms with Crippen molar-refractivity contribution < 1.29 is 4.74 Å². The van der Waals surface area contributed by atoms with E-state index < -0.39 is 0 Å². The first kappa shape index (κ1) is 22.5. The van der Waals surface area contributed by atoms with Gasteiger partial charge in [-0.25, -0.2) is 4.98 Å². The van der Waals surface area contributed by atoms with Crippen LogP contribution in [0.15, 0.2) is 94.3 Å². The summed E-state index contributed by atoms with van der Waals surface area (Å²) in [5.74, 6) is 1.43. The van der Waals surface area contributed by atoms with Gasteiger partial charge in [0.1, 0.15) is 17.0 Å². The first-order valence-corrected chi connectivity index (χ1v) is 13.0. The zero-order valence-corrected chi connectivity index (χ0v) is 21.2. The third-order valence-corrected chi connectivity index (χ3v) is 7.86. The van der Waals surface area contributed by atoms with E-state index in [1.54, 1.807) is 42.6 Å². The molecule has 4 aromatic heterocycles. The molecule has 8 heteroatoms. The molecule has 6 rings (SSSR count). The molecule has 0 aliphatic rings. The van der Waals surface area contributed by atoms with Crippen LogP contribution < -0.4 is 10.1 Å². The van der Waals surface area contributed by atoms with Crippen LogP contribution in [0, 0.1) is 6.92 Å². The third kappa shape index (κ3) is 4.36. The largest absolute Gasteiger partial charge is 0.495 e. The summed E-state index contributed by atoms with van der Waals surface area (Å²) < 4.78 is 5.27. The van der Waals surface area contributed by atoms with Crippen molar-refractivity contribution in [2.75, 3.05) is 12.4 Å². The van der Waals surface area contributed by atoms with Crippen molar-refractivity contribution in [1.29, 1.82) is 0 Å². The monoisotopic (exact) mass is 507 g/mol. The minimum Gasteiger partial charge on any atom is -0.495 e. The van der Waals surface area contributed by atoms with Crippen molar-refractivity contribution in [3.63, 3.8) is 0 Å². The average molecular weight is 508 g/mol. The van der Waals surface area contributed by atoms with E-state index in [0.717, 1.165) is 53.7 Å². The number of benzene rings is 2. The minimum absolute atomic E-state index is 0.696. The number of hydrogen-bond acceptors (Lipinski definition) is 8. The summed E-state index contributed by atoms with van der Waals surface area (Å²) in [5, 5.41) is 16.8. The molecule has 4 heterocycles. The number of pyridine rings is 2. The molecule has 0 atom stereocenters. The SMILES string of the molecule is COc1cnc2c(Sc3ccc(Nc4nnc(-c5cc(C)cs5)c5ccccc45)cc3)ccnc2c1. The molecule has 1 N–H and O–H groups in total. The molecule has 0 fully saturated rings. The van der Waals surface area contributed by atoms with Crippen LogP contribution >= 0.6 is 23.1 Å². The van der Waals surface area contributed by atoms with Crippen molar-refractivity contribution in [3.05, 3.63) is 90.1 Å². The number of fused-ring (bicyclic) bond motifs is 2. The number of hydrogen-bond donors (Lipinski definition) is 1. The Labute approximate surface area is 216 Å². The Kier molecular flexibility index (Phi) is 5.96. The lowest BCUT2D eigenvalue weighted by atomic mass is 10.1. The van der Waals surface area contributed by atoms with Crippen LogP contribution in [0.1, 0.15) is 5.56 Å². The summed E-state index contributed by atoms with van der Waals surface area (Å²) in [6.07, 6.45) is 3.52. The van der Waals surface area contributed by atoms with Crippen LogP contribution in [-0.2, 0) is 0 Å². The Morgan fingerprint density at radius 2 is 1.75 bits per heavy atom. The number of nitrogens with zero attached hydrogens (tertiary/aromatic N) is 4. The van der Waals surface area contributed by atoms with Crippen LogP contribution in [-0.4, -0.2) is 27.3 Å². The van der Waals surface area contributed by atoms with Gasteiger partial charge in [-0.2, -0.15) is 0 Å². The van der Waals surface area contributed by atoms with Crippen molar-refractivity contribution >= 4 is 56.4 Å². The first-order valence-electron chi connectivity index (χ1n) is 11.3. The Bertz CT molecular complexity index is 1700. The van der Waals surface area contributed by atoms with E-state index in [4.69, 9.17) is 4.74 Å². The lowest BCUT2D eigenvalue weighted by molar-refractivity contribution is 0.413. The van der Waals surface area contributed by atoms with Gasteiger partial charge in [-0.15, -0.1) is 21.5 Å². The maximum atomic E-state index is 5.27. The molecule has 2 aromatic carbocycles. The minimum atomic E-state index is 0.696. The van der Waals surface area contributed by atoms with Gasteiger partial charge < -0.3 is 10.1 Å². The molecular weight excluding hydrogens is 486 g/mol. The van der Waals surface area contributed by atoms with Gasteiger partial charge in [0.15, 0.2) is 5.82 Å². The van der Waals surface area contributed by atoms with Crippen LogP contribution in [0.25, 0.3) is 32.4 Å². The zero-order valence-electron chi connectivity index (χ0n) is 19.6. The van der Waals surface area contributed by atoms with Crippen LogP contribution in [0.2, 0.25) is 0 Å². The normalized spacial score (nSPS) is 11.2. The maximum absolute atomic E-state index is 5.27. The molecule has 6 aromatic rings. The predicted molar refractivity (Wildman–Crippen MR) is 148 cm³/mol. The number of nitrogens with one attached hydrogen (secondary N) is 1. The first-order chi connectivity index (χ1) is 17.7. The molecule has 0 spiro atoms. The summed E-state index contributed by atoms with van der Waals surface area (Å²) in [6, 6.07) is 22.6. The van der Waals surface area contributed by atoms with E-state index in [9.17, 15) is 0 Å². The second-order valence-electron chi connectivity index (χ2n) is 8.23.